The van der Waals surface area contributed by atoms with E-state index in [-0.39, 0.29) is 5.91 Å². The van der Waals surface area contributed by atoms with Crippen molar-refractivity contribution in [3.8, 4) is 0 Å². The lowest BCUT2D eigenvalue weighted by molar-refractivity contribution is -0.131. The predicted molar refractivity (Wildman–Crippen MR) is 70.9 cm³/mol. The smallest absolute Gasteiger partial charge is 0.328 e. The first-order valence-electron chi connectivity index (χ1n) is 5.45. The molecule has 0 saturated heterocycles. The predicted octanol–water partition coefficient (Wildman–Crippen LogP) is 2.37. The van der Waals surface area contributed by atoms with Gasteiger partial charge < -0.3 is 14.8 Å². The summed E-state index contributed by atoms with van der Waals surface area (Å²) in [6.45, 7) is 0.321. The molecule has 2 N–H and O–H groups in total. The van der Waals surface area contributed by atoms with E-state index in [4.69, 9.17) is 9.52 Å². The van der Waals surface area contributed by atoms with Crippen LogP contribution in [0.15, 0.2) is 40.3 Å². The van der Waals surface area contributed by atoms with E-state index in [9.17, 15) is 9.59 Å². The van der Waals surface area contributed by atoms with Crippen LogP contribution in [0.3, 0.4) is 0 Å². The van der Waals surface area contributed by atoms with Gasteiger partial charge in [-0.05, 0) is 24.3 Å². The maximum atomic E-state index is 11.8. The number of hydrogen-bond acceptors (Lipinski definition) is 4. The zero-order chi connectivity index (χ0) is 13.7. The number of carbonyl (C=O) groups is 2. The number of nitrogens with one attached hydrogen (secondary N) is 1. The Morgan fingerprint density at radius 2 is 2.32 bits per heavy atom. The van der Waals surface area contributed by atoms with Gasteiger partial charge in [-0.3, -0.25) is 4.79 Å². The Labute approximate surface area is 113 Å². The first kappa shape index (κ1) is 13.1. The summed E-state index contributed by atoms with van der Waals surface area (Å²) in [6.07, 6.45) is 4.04. The second-order valence-electron chi connectivity index (χ2n) is 3.67. The Bertz CT molecular complexity index is 598. The van der Waals surface area contributed by atoms with Crippen LogP contribution in [0.25, 0.3) is 6.08 Å². The van der Waals surface area contributed by atoms with Crippen LogP contribution in [0.5, 0.6) is 0 Å². The Kier molecular flexibility index (Phi) is 4.15. The highest BCUT2D eigenvalue weighted by atomic mass is 32.1. The average Bonchev–Trinajstić information content (AvgIpc) is 3.04. The maximum Gasteiger partial charge on any atom is 0.328 e. The van der Waals surface area contributed by atoms with Crippen LogP contribution in [-0.2, 0) is 11.3 Å². The monoisotopic (exact) mass is 277 g/mol. The van der Waals surface area contributed by atoms with Crippen molar-refractivity contribution in [2.45, 2.75) is 6.54 Å². The maximum absolute atomic E-state index is 11.8. The molecule has 1 amide bonds. The number of rotatable bonds is 5. The molecule has 0 aromatic carbocycles. The molecular formula is C13H11NO4S. The van der Waals surface area contributed by atoms with Crippen molar-refractivity contribution in [3.05, 3.63) is 52.1 Å². The molecule has 19 heavy (non-hydrogen) atoms. The van der Waals surface area contributed by atoms with Gasteiger partial charge in [0.05, 0.1) is 18.4 Å². The van der Waals surface area contributed by atoms with Crippen LogP contribution in [0, 0.1) is 0 Å². The summed E-state index contributed by atoms with van der Waals surface area (Å²) in [5, 5.41) is 12.9. The van der Waals surface area contributed by atoms with Crippen molar-refractivity contribution in [1.29, 1.82) is 0 Å². The molecule has 0 aliphatic rings. The molecule has 0 bridgehead atoms. The van der Waals surface area contributed by atoms with Crippen LogP contribution in [0.1, 0.15) is 21.0 Å². The van der Waals surface area contributed by atoms with Crippen molar-refractivity contribution in [2.24, 2.45) is 0 Å². The highest BCUT2D eigenvalue weighted by Crippen LogP contribution is 2.16. The van der Waals surface area contributed by atoms with Gasteiger partial charge in [-0.15, -0.1) is 11.3 Å². The normalized spacial score (nSPS) is 10.7. The Balaban J connectivity index is 1.94. The van der Waals surface area contributed by atoms with E-state index < -0.39 is 5.97 Å². The largest absolute Gasteiger partial charge is 0.478 e. The second-order valence-corrected chi connectivity index (χ2v) is 4.61. The van der Waals surface area contributed by atoms with Crippen LogP contribution in [0.4, 0.5) is 0 Å². The zero-order valence-corrected chi connectivity index (χ0v) is 10.6. The van der Waals surface area contributed by atoms with Gasteiger partial charge in [-0.25, -0.2) is 4.79 Å². The molecular weight excluding hydrogens is 266 g/mol. The minimum absolute atomic E-state index is 0.220. The summed E-state index contributed by atoms with van der Waals surface area (Å²) < 4.78 is 5.10. The molecule has 2 aromatic heterocycles. The lowest BCUT2D eigenvalue weighted by Crippen LogP contribution is -2.21. The molecule has 0 radical (unpaired) electrons. The van der Waals surface area contributed by atoms with Gasteiger partial charge in [-0.1, -0.05) is 0 Å². The lowest BCUT2D eigenvalue weighted by Gasteiger charge is -2.00. The second kappa shape index (κ2) is 6.01. The van der Waals surface area contributed by atoms with E-state index in [1.807, 2.05) is 0 Å². The van der Waals surface area contributed by atoms with Crippen molar-refractivity contribution in [1.82, 2.24) is 5.32 Å². The third-order valence-corrected chi connectivity index (χ3v) is 3.17. The molecule has 0 atom stereocenters. The number of carboxylic acids is 1. The number of carbonyl (C=O) groups excluding carboxylic acids is 1. The number of thiophene rings is 1. The molecule has 0 unspecified atom stereocenters. The fourth-order valence-corrected chi connectivity index (χ4v) is 2.18. The van der Waals surface area contributed by atoms with E-state index >= 15 is 0 Å². The van der Waals surface area contributed by atoms with E-state index in [1.54, 1.807) is 29.8 Å². The molecule has 2 rings (SSSR count). The third-order valence-electron chi connectivity index (χ3n) is 2.28. The summed E-state index contributed by atoms with van der Waals surface area (Å²) in [5.41, 5.74) is 0.501. The molecule has 0 aliphatic carbocycles. The molecule has 0 spiro atoms. The molecule has 5 nitrogen and oxygen atoms in total. The minimum atomic E-state index is -1.02. The highest BCUT2D eigenvalue weighted by molar-refractivity contribution is 7.11. The number of carboxylic acid groups (broad SMARTS) is 1. The molecule has 2 heterocycles. The fourth-order valence-electron chi connectivity index (χ4n) is 1.40. The summed E-state index contributed by atoms with van der Waals surface area (Å²) in [7, 11) is 0. The topological polar surface area (TPSA) is 79.5 Å². The first-order valence-corrected chi connectivity index (χ1v) is 6.33. The Morgan fingerprint density at radius 3 is 3.00 bits per heavy atom. The van der Waals surface area contributed by atoms with Crippen LogP contribution < -0.4 is 5.32 Å². The highest BCUT2D eigenvalue weighted by Gasteiger charge is 2.08. The Morgan fingerprint density at radius 1 is 1.47 bits per heavy atom. The van der Waals surface area contributed by atoms with E-state index in [0.717, 1.165) is 6.08 Å². The van der Waals surface area contributed by atoms with Crippen LogP contribution >= 0.6 is 11.3 Å². The van der Waals surface area contributed by atoms with Crippen molar-refractivity contribution in [3.63, 3.8) is 0 Å². The van der Waals surface area contributed by atoms with E-state index in [0.29, 0.717) is 22.7 Å². The van der Waals surface area contributed by atoms with Gasteiger partial charge in [0.15, 0.2) is 0 Å². The van der Waals surface area contributed by atoms with Crippen LogP contribution in [-0.4, -0.2) is 17.0 Å². The summed E-state index contributed by atoms with van der Waals surface area (Å²) in [5.74, 6) is -0.561. The standard InChI is InChI=1S/C13H11NO4S/c15-12(16)4-3-11-6-9(8-19-11)13(17)14-7-10-2-1-5-18-10/h1-6,8H,7H2,(H,14,17)(H,15,16). The van der Waals surface area contributed by atoms with Gasteiger partial charge in [-0.2, -0.15) is 0 Å². The van der Waals surface area contributed by atoms with E-state index in [2.05, 4.69) is 5.32 Å². The third kappa shape index (κ3) is 3.82. The quantitative estimate of drug-likeness (QED) is 0.822. The molecule has 0 fully saturated rings. The minimum Gasteiger partial charge on any atom is -0.478 e. The SMILES string of the molecule is O=C(O)C=Cc1cc(C(=O)NCc2ccco2)cs1. The van der Waals surface area contributed by atoms with Gasteiger partial charge >= 0.3 is 5.97 Å². The molecule has 98 valence electrons. The van der Waals surface area contributed by atoms with Gasteiger partial charge in [0.1, 0.15) is 5.76 Å². The number of aliphatic carboxylic acids is 1. The van der Waals surface area contributed by atoms with Gasteiger partial charge in [0, 0.05) is 16.3 Å². The fraction of sp³-hybridized carbons (Fsp3) is 0.0769. The number of amides is 1. The van der Waals surface area contributed by atoms with Crippen molar-refractivity contribution < 1.29 is 19.1 Å². The molecule has 6 heteroatoms. The number of furan rings is 1. The van der Waals surface area contributed by atoms with Gasteiger partial charge in [0.2, 0.25) is 0 Å². The summed E-state index contributed by atoms with van der Waals surface area (Å²) >= 11 is 1.31. The van der Waals surface area contributed by atoms with Crippen LogP contribution in [0.2, 0.25) is 0 Å². The van der Waals surface area contributed by atoms with Gasteiger partial charge in [0.25, 0.3) is 5.91 Å². The molecule has 0 aliphatic heterocycles. The lowest BCUT2D eigenvalue weighted by atomic mass is 10.3. The molecule has 2 aromatic rings. The summed E-state index contributed by atoms with van der Waals surface area (Å²) in [6, 6.07) is 5.16. The summed E-state index contributed by atoms with van der Waals surface area (Å²) in [4.78, 5) is 22.9. The Hall–Kier alpha value is -2.34. The zero-order valence-electron chi connectivity index (χ0n) is 9.83. The van der Waals surface area contributed by atoms with Crippen molar-refractivity contribution in [2.75, 3.05) is 0 Å². The van der Waals surface area contributed by atoms with E-state index in [1.165, 1.54) is 17.4 Å². The number of hydrogen-bond donors (Lipinski definition) is 2. The van der Waals surface area contributed by atoms with Crippen molar-refractivity contribution >= 4 is 29.3 Å². The first-order chi connectivity index (χ1) is 9.15. The average molecular weight is 277 g/mol. The molecule has 0 saturated carbocycles.